The minimum Gasteiger partial charge on any atom is -0.384 e. The summed E-state index contributed by atoms with van der Waals surface area (Å²) in [4.78, 5) is 24.3. The second kappa shape index (κ2) is 12.2. The minimum atomic E-state index is -0.697. The second-order valence-corrected chi connectivity index (χ2v) is 10.2. The van der Waals surface area contributed by atoms with Gasteiger partial charge in [0.15, 0.2) is 0 Å². The predicted octanol–water partition coefficient (Wildman–Crippen LogP) is 3.96. The zero-order chi connectivity index (χ0) is 27.2. The molecule has 0 radical (unpaired) electrons. The number of hydrogen-bond acceptors (Lipinski definition) is 6. The number of pyridine rings is 1. The molecule has 37 heavy (non-hydrogen) atoms. The average Bonchev–Trinajstić information content (AvgIpc) is 3.23. The van der Waals surface area contributed by atoms with E-state index in [0.717, 1.165) is 0 Å². The molecule has 0 saturated heterocycles. The highest BCUT2D eigenvalue weighted by Crippen LogP contribution is 2.39. The van der Waals surface area contributed by atoms with E-state index in [1.54, 1.807) is 23.1 Å². The Hall–Kier alpha value is -3.37. The van der Waals surface area contributed by atoms with Gasteiger partial charge in [-0.15, -0.1) is 0 Å². The van der Waals surface area contributed by atoms with E-state index in [1.807, 2.05) is 43.7 Å². The Bertz CT molecular complexity index is 1190. The number of hydrogen-bond donors (Lipinski definition) is 2. The number of carbonyl (C=O) groups is 1. The van der Waals surface area contributed by atoms with Gasteiger partial charge in [0.05, 0.1) is 24.0 Å². The topological polar surface area (TPSA) is 112 Å². The first kappa shape index (κ1) is 28.2. The number of aromatic nitrogens is 3. The molecule has 3 aromatic rings. The van der Waals surface area contributed by atoms with Crippen molar-refractivity contribution in [2.45, 2.75) is 45.8 Å². The molecular formula is C27H36F2N6O2. The number of rotatable bonds is 11. The molecule has 200 valence electrons. The SMILES string of the molecule is COCC(=O)N(CCC(N)CF)C(c1nc(-c2cccc(F)c2)cn1Cc1cccc(N)n1)C(C)(C)C. The van der Waals surface area contributed by atoms with Crippen LogP contribution in [0, 0.1) is 11.2 Å². The van der Waals surface area contributed by atoms with Gasteiger partial charge in [-0.05, 0) is 36.1 Å². The average molecular weight is 515 g/mol. The molecule has 0 spiro atoms. The quantitative estimate of drug-likeness (QED) is 0.401. The molecule has 2 aromatic heterocycles. The summed E-state index contributed by atoms with van der Waals surface area (Å²) in [5.41, 5.74) is 13.1. The molecule has 0 aliphatic rings. The van der Waals surface area contributed by atoms with Gasteiger partial charge < -0.3 is 25.7 Å². The number of nitrogen functional groups attached to an aromatic ring is 1. The van der Waals surface area contributed by atoms with Crippen molar-refractivity contribution >= 4 is 11.7 Å². The summed E-state index contributed by atoms with van der Waals surface area (Å²) in [6, 6.07) is 10.3. The van der Waals surface area contributed by atoms with Crippen molar-refractivity contribution in [3.8, 4) is 11.3 Å². The van der Waals surface area contributed by atoms with E-state index in [2.05, 4.69) is 4.98 Å². The highest BCUT2D eigenvalue weighted by Gasteiger charge is 2.38. The minimum absolute atomic E-state index is 0.147. The van der Waals surface area contributed by atoms with Gasteiger partial charge in [-0.3, -0.25) is 4.79 Å². The zero-order valence-electron chi connectivity index (χ0n) is 21.8. The standard InChI is InChI=1S/C27H36F2N6O2/c1-27(2,3)25(35(24(36)17-37-4)12-11-20(30)14-28)26-33-22(18-7-5-8-19(29)13-18)16-34(26)15-21-9-6-10-23(31)32-21/h5-10,13,16,20,25H,11-12,14-15,17,30H2,1-4H3,(H2,31,32). The third kappa shape index (κ3) is 7.33. The monoisotopic (exact) mass is 514 g/mol. The van der Waals surface area contributed by atoms with Crippen molar-refractivity contribution in [1.29, 1.82) is 0 Å². The van der Waals surface area contributed by atoms with Gasteiger partial charge >= 0.3 is 0 Å². The van der Waals surface area contributed by atoms with E-state index >= 15 is 0 Å². The largest absolute Gasteiger partial charge is 0.384 e. The second-order valence-electron chi connectivity index (χ2n) is 10.2. The molecule has 0 bridgehead atoms. The lowest BCUT2D eigenvalue weighted by molar-refractivity contribution is -0.140. The highest BCUT2D eigenvalue weighted by molar-refractivity contribution is 5.78. The summed E-state index contributed by atoms with van der Waals surface area (Å²) >= 11 is 0. The van der Waals surface area contributed by atoms with E-state index in [9.17, 15) is 13.6 Å². The molecule has 0 aliphatic heterocycles. The lowest BCUT2D eigenvalue weighted by Gasteiger charge is -2.40. The van der Waals surface area contributed by atoms with Crippen LogP contribution in [0.3, 0.4) is 0 Å². The molecule has 8 nitrogen and oxygen atoms in total. The Morgan fingerprint density at radius 2 is 1.92 bits per heavy atom. The van der Waals surface area contributed by atoms with Gasteiger partial charge in [-0.25, -0.2) is 18.7 Å². The molecule has 1 amide bonds. The fourth-order valence-corrected chi connectivity index (χ4v) is 4.30. The number of methoxy groups -OCH3 is 1. The van der Waals surface area contributed by atoms with E-state index in [4.69, 9.17) is 21.2 Å². The van der Waals surface area contributed by atoms with Crippen molar-refractivity contribution in [1.82, 2.24) is 19.4 Å². The molecule has 4 N–H and O–H groups in total. The van der Waals surface area contributed by atoms with E-state index in [0.29, 0.717) is 35.1 Å². The number of amides is 1. The summed E-state index contributed by atoms with van der Waals surface area (Å²) in [5, 5.41) is 0. The molecule has 1 aromatic carbocycles. The molecule has 2 heterocycles. The Balaban J connectivity index is 2.17. The number of ether oxygens (including phenoxy) is 1. The van der Waals surface area contributed by atoms with Gasteiger partial charge in [0, 0.05) is 31.5 Å². The number of halogens is 2. The lowest BCUT2D eigenvalue weighted by atomic mass is 9.84. The number of alkyl halides is 1. The molecule has 0 fully saturated rings. The summed E-state index contributed by atoms with van der Waals surface area (Å²) in [6.45, 7) is 5.70. The van der Waals surface area contributed by atoms with E-state index < -0.39 is 24.2 Å². The van der Waals surface area contributed by atoms with Gasteiger partial charge in [0.2, 0.25) is 5.91 Å². The van der Waals surface area contributed by atoms with Crippen molar-refractivity contribution in [3.05, 3.63) is 66.0 Å². The molecule has 0 aliphatic carbocycles. The molecule has 2 atom stereocenters. The van der Waals surface area contributed by atoms with Crippen LogP contribution in [0.1, 0.15) is 44.8 Å². The third-order valence-electron chi connectivity index (χ3n) is 5.99. The molecule has 3 rings (SSSR count). The van der Waals surface area contributed by atoms with Gasteiger partial charge in [0.1, 0.15) is 30.7 Å². The molecule has 10 heteroatoms. The number of imidazole rings is 1. The number of nitrogens with zero attached hydrogens (tertiary/aromatic N) is 4. The molecular weight excluding hydrogens is 478 g/mol. The van der Waals surface area contributed by atoms with E-state index in [1.165, 1.54) is 19.2 Å². The van der Waals surface area contributed by atoms with Gasteiger partial charge in [-0.1, -0.05) is 39.0 Å². The Labute approximate surface area is 216 Å². The Kier molecular flexibility index (Phi) is 9.34. The van der Waals surface area contributed by atoms with Crippen LogP contribution in [-0.2, 0) is 16.1 Å². The van der Waals surface area contributed by atoms with Gasteiger partial charge in [-0.2, -0.15) is 0 Å². The number of carbonyl (C=O) groups excluding carboxylic acids is 1. The smallest absolute Gasteiger partial charge is 0.249 e. The number of anilines is 1. The normalized spacial score (nSPS) is 13.4. The summed E-state index contributed by atoms with van der Waals surface area (Å²) in [6.07, 6.45) is 2.09. The van der Waals surface area contributed by atoms with Crippen LogP contribution in [0.25, 0.3) is 11.3 Å². The van der Waals surface area contributed by atoms with Crippen LogP contribution >= 0.6 is 0 Å². The summed E-state index contributed by atoms with van der Waals surface area (Å²) in [5.74, 6) is 0.316. The Morgan fingerprint density at radius 1 is 1.19 bits per heavy atom. The third-order valence-corrected chi connectivity index (χ3v) is 5.99. The van der Waals surface area contributed by atoms with Crippen molar-refractivity contribution in [2.75, 3.05) is 32.7 Å². The zero-order valence-corrected chi connectivity index (χ0v) is 21.8. The van der Waals surface area contributed by atoms with Crippen LogP contribution in [0.2, 0.25) is 0 Å². The maximum absolute atomic E-state index is 14.1. The van der Waals surface area contributed by atoms with Crippen molar-refractivity contribution in [3.63, 3.8) is 0 Å². The van der Waals surface area contributed by atoms with Crippen LogP contribution in [0.4, 0.5) is 14.6 Å². The fourth-order valence-electron chi connectivity index (χ4n) is 4.30. The molecule has 2 unspecified atom stereocenters. The lowest BCUT2D eigenvalue weighted by Crippen LogP contribution is -2.45. The first-order valence-corrected chi connectivity index (χ1v) is 12.2. The van der Waals surface area contributed by atoms with Crippen LogP contribution < -0.4 is 11.5 Å². The predicted molar refractivity (Wildman–Crippen MR) is 140 cm³/mol. The molecule has 0 saturated carbocycles. The maximum atomic E-state index is 14.1. The summed E-state index contributed by atoms with van der Waals surface area (Å²) < 4.78 is 34.3. The highest BCUT2D eigenvalue weighted by atomic mass is 19.1. The Morgan fingerprint density at radius 3 is 2.54 bits per heavy atom. The van der Waals surface area contributed by atoms with Gasteiger partial charge in [0.25, 0.3) is 0 Å². The number of benzene rings is 1. The van der Waals surface area contributed by atoms with Crippen LogP contribution in [-0.4, -0.2) is 58.3 Å². The fraction of sp³-hybridized carbons (Fsp3) is 0.444. The first-order chi connectivity index (χ1) is 17.5. The van der Waals surface area contributed by atoms with Crippen LogP contribution in [0.15, 0.2) is 48.7 Å². The first-order valence-electron chi connectivity index (χ1n) is 12.2. The van der Waals surface area contributed by atoms with Crippen molar-refractivity contribution in [2.24, 2.45) is 11.1 Å². The van der Waals surface area contributed by atoms with E-state index in [-0.39, 0.29) is 31.3 Å². The summed E-state index contributed by atoms with van der Waals surface area (Å²) in [7, 11) is 1.45. The van der Waals surface area contributed by atoms with Crippen LogP contribution in [0.5, 0.6) is 0 Å². The van der Waals surface area contributed by atoms with Crippen molar-refractivity contribution < 1.29 is 18.3 Å². The maximum Gasteiger partial charge on any atom is 0.249 e. The number of nitrogens with two attached hydrogens (primary N) is 2.